The molecule has 35 heavy (non-hydrogen) atoms. The van der Waals surface area contributed by atoms with Crippen LogP contribution in [0, 0.1) is 0 Å². The molecule has 1 N–H and O–H groups in total. The third-order valence-corrected chi connectivity index (χ3v) is 5.12. The zero-order chi connectivity index (χ0) is 24.7. The quantitative estimate of drug-likeness (QED) is 0.296. The van der Waals surface area contributed by atoms with E-state index >= 15 is 0 Å². The molecule has 7 nitrogen and oxygen atoms in total. The molecule has 3 aromatic carbocycles. The van der Waals surface area contributed by atoms with Crippen molar-refractivity contribution in [3.05, 3.63) is 108 Å². The van der Waals surface area contributed by atoms with Crippen molar-refractivity contribution in [2.24, 2.45) is 0 Å². The van der Waals surface area contributed by atoms with Crippen LogP contribution in [0.2, 0.25) is 0 Å². The lowest BCUT2D eigenvalue weighted by Crippen LogP contribution is -2.41. The predicted molar refractivity (Wildman–Crippen MR) is 130 cm³/mol. The molecule has 0 aromatic heterocycles. The molecule has 0 aliphatic rings. The van der Waals surface area contributed by atoms with Crippen molar-refractivity contribution in [2.45, 2.75) is 38.7 Å². The number of benzene rings is 3. The fraction of sp³-hybridized carbons (Fsp3) is 0.250. The Morgan fingerprint density at radius 1 is 0.600 bits per heavy atom. The van der Waals surface area contributed by atoms with Gasteiger partial charge in [0.1, 0.15) is 25.9 Å². The number of carbonyl (C=O) groups excluding carboxylic acids is 3. The number of carbonyl (C=O) groups is 3. The predicted octanol–water partition coefficient (Wildman–Crippen LogP) is 3.96. The van der Waals surface area contributed by atoms with Gasteiger partial charge in [0.2, 0.25) is 0 Å². The Kier molecular flexibility index (Phi) is 10.5. The number of hydrogen-bond acceptors (Lipinski definition) is 7. The molecule has 0 spiro atoms. The Hall–Kier alpha value is -3.97. The largest absolute Gasteiger partial charge is 0.461 e. The van der Waals surface area contributed by atoms with Gasteiger partial charge in [-0.3, -0.25) is 19.7 Å². The van der Waals surface area contributed by atoms with E-state index in [0.717, 1.165) is 16.7 Å². The summed E-state index contributed by atoms with van der Waals surface area (Å²) in [6, 6.07) is 27.0. The van der Waals surface area contributed by atoms with Crippen molar-refractivity contribution in [2.75, 3.05) is 6.54 Å². The molecule has 0 aliphatic carbocycles. The van der Waals surface area contributed by atoms with Crippen LogP contribution in [0.3, 0.4) is 0 Å². The Bertz CT molecular complexity index is 997. The third kappa shape index (κ3) is 9.81. The molecule has 0 fully saturated rings. The zero-order valence-corrected chi connectivity index (χ0v) is 19.4. The normalized spacial score (nSPS) is 11.3. The van der Waals surface area contributed by atoms with E-state index in [4.69, 9.17) is 14.2 Å². The average molecular weight is 476 g/mol. The van der Waals surface area contributed by atoms with Gasteiger partial charge >= 0.3 is 17.9 Å². The van der Waals surface area contributed by atoms with Gasteiger partial charge in [-0.2, -0.15) is 0 Å². The summed E-state index contributed by atoms with van der Waals surface area (Å²) in [5, 5.41) is 2.86. The second kappa shape index (κ2) is 14.3. The average Bonchev–Trinajstić information content (AvgIpc) is 2.91. The van der Waals surface area contributed by atoms with Crippen LogP contribution in [0.4, 0.5) is 0 Å². The van der Waals surface area contributed by atoms with E-state index in [1.165, 1.54) is 0 Å². The van der Waals surface area contributed by atoms with Crippen LogP contribution in [-0.4, -0.2) is 30.5 Å². The van der Waals surface area contributed by atoms with Gasteiger partial charge in [-0.15, -0.1) is 0 Å². The lowest BCUT2D eigenvalue weighted by molar-refractivity contribution is -0.149. The van der Waals surface area contributed by atoms with Crippen molar-refractivity contribution >= 4 is 17.9 Å². The standard InChI is InChI=1S/C28H29NO6/c30-26(33-19-22-10-4-1-5-11-22)17-16-25(28(32)35-21-24-14-8-3-9-15-24)29-18-27(31)34-20-23-12-6-2-7-13-23/h1-15,25,29H,16-21H2/t25-/m1/s1. The molecule has 182 valence electrons. The number of rotatable bonds is 13. The molecular formula is C28H29NO6. The molecule has 0 unspecified atom stereocenters. The monoisotopic (exact) mass is 475 g/mol. The maximum atomic E-state index is 12.7. The fourth-order valence-corrected chi connectivity index (χ4v) is 3.20. The first kappa shape index (κ1) is 25.6. The maximum Gasteiger partial charge on any atom is 0.323 e. The minimum absolute atomic E-state index is 0.00992. The molecule has 7 heteroatoms. The first-order valence-corrected chi connectivity index (χ1v) is 11.4. The Labute approximate surface area is 205 Å². The van der Waals surface area contributed by atoms with E-state index in [-0.39, 0.29) is 39.2 Å². The second-order valence-electron chi connectivity index (χ2n) is 7.86. The molecular weight excluding hydrogens is 446 g/mol. The summed E-state index contributed by atoms with van der Waals surface area (Å²) in [5.41, 5.74) is 2.57. The van der Waals surface area contributed by atoms with E-state index in [2.05, 4.69) is 5.32 Å². The van der Waals surface area contributed by atoms with Gasteiger partial charge in [0.25, 0.3) is 0 Å². The SMILES string of the molecule is O=C(CC[C@@H](NCC(=O)OCc1ccccc1)C(=O)OCc1ccccc1)OCc1ccccc1. The number of ether oxygens (including phenoxy) is 3. The van der Waals surface area contributed by atoms with Gasteiger partial charge in [0.05, 0.1) is 6.54 Å². The summed E-state index contributed by atoms with van der Waals surface area (Å²) in [5.74, 6) is -1.51. The maximum absolute atomic E-state index is 12.7. The van der Waals surface area contributed by atoms with Crippen molar-refractivity contribution < 1.29 is 28.6 Å². The zero-order valence-electron chi connectivity index (χ0n) is 19.4. The highest BCUT2D eigenvalue weighted by atomic mass is 16.5. The van der Waals surface area contributed by atoms with Gasteiger partial charge in [-0.1, -0.05) is 91.0 Å². The lowest BCUT2D eigenvalue weighted by Gasteiger charge is -2.17. The highest BCUT2D eigenvalue weighted by molar-refractivity contribution is 5.79. The van der Waals surface area contributed by atoms with E-state index in [9.17, 15) is 14.4 Å². The minimum Gasteiger partial charge on any atom is -0.461 e. The summed E-state index contributed by atoms with van der Waals surface area (Å²) in [4.78, 5) is 37.1. The third-order valence-electron chi connectivity index (χ3n) is 5.12. The van der Waals surface area contributed by atoms with Crippen LogP contribution in [0.25, 0.3) is 0 Å². The van der Waals surface area contributed by atoms with Crippen LogP contribution < -0.4 is 5.32 Å². The van der Waals surface area contributed by atoms with Crippen LogP contribution in [0.5, 0.6) is 0 Å². The van der Waals surface area contributed by atoms with Crippen LogP contribution in [0.1, 0.15) is 29.5 Å². The number of nitrogens with one attached hydrogen (secondary N) is 1. The van der Waals surface area contributed by atoms with Gasteiger partial charge in [-0.25, -0.2) is 0 Å². The van der Waals surface area contributed by atoms with Crippen molar-refractivity contribution in [3.63, 3.8) is 0 Å². The number of hydrogen-bond donors (Lipinski definition) is 1. The van der Waals surface area contributed by atoms with Crippen LogP contribution in [-0.2, 0) is 48.4 Å². The highest BCUT2D eigenvalue weighted by Crippen LogP contribution is 2.08. The Morgan fingerprint density at radius 2 is 1.03 bits per heavy atom. The molecule has 0 saturated carbocycles. The van der Waals surface area contributed by atoms with Gasteiger partial charge < -0.3 is 14.2 Å². The minimum atomic E-state index is -0.868. The van der Waals surface area contributed by atoms with E-state index in [1.807, 2.05) is 91.0 Å². The molecule has 0 aliphatic heterocycles. The Morgan fingerprint density at radius 3 is 1.51 bits per heavy atom. The van der Waals surface area contributed by atoms with E-state index in [1.54, 1.807) is 0 Å². The smallest absolute Gasteiger partial charge is 0.323 e. The molecule has 3 rings (SSSR count). The summed E-state index contributed by atoms with van der Waals surface area (Å²) in [7, 11) is 0. The van der Waals surface area contributed by atoms with Crippen LogP contribution >= 0.6 is 0 Å². The van der Waals surface area contributed by atoms with E-state index in [0.29, 0.717) is 0 Å². The summed E-state index contributed by atoms with van der Waals surface area (Å²) < 4.78 is 16.0. The van der Waals surface area contributed by atoms with Gasteiger partial charge in [0.15, 0.2) is 0 Å². The summed E-state index contributed by atoms with van der Waals surface area (Å²) in [6.45, 7) is 0.185. The fourth-order valence-electron chi connectivity index (χ4n) is 3.20. The van der Waals surface area contributed by atoms with Crippen molar-refractivity contribution in [1.29, 1.82) is 0 Å². The first-order valence-electron chi connectivity index (χ1n) is 11.4. The molecule has 0 amide bonds. The summed E-state index contributed by atoms with van der Waals surface area (Å²) in [6.07, 6.45) is 0.108. The van der Waals surface area contributed by atoms with Gasteiger partial charge in [0, 0.05) is 6.42 Å². The lowest BCUT2D eigenvalue weighted by atomic mass is 10.1. The summed E-state index contributed by atoms with van der Waals surface area (Å²) >= 11 is 0. The van der Waals surface area contributed by atoms with Crippen LogP contribution in [0.15, 0.2) is 91.0 Å². The molecule has 0 bridgehead atoms. The highest BCUT2D eigenvalue weighted by Gasteiger charge is 2.23. The van der Waals surface area contributed by atoms with Crippen molar-refractivity contribution in [1.82, 2.24) is 5.32 Å². The Balaban J connectivity index is 1.49. The molecule has 0 saturated heterocycles. The molecule has 3 aromatic rings. The number of esters is 3. The molecule has 1 atom stereocenters. The topological polar surface area (TPSA) is 90.9 Å². The second-order valence-corrected chi connectivity index (χ2v) is 7.86. The molecule has 0 heterocycles. The van der Waals surface area contributed by atoms with Crippen molar-refractivity contribution in [3.8, 4) is 0 Å². The van der Waals surface area contributed by atoms with Gasteiger partial charge in [-0.05, 0) is 23.1 Å². The first-order chi connectivity index (χ1) is 17.1. The van der Waals surface area contributed by atoms with E-state index < -0.39 is 23.9 Å². The molecule has 0 radical (unpaired) electrons.